The van der Waals surface area contributed by atoms with Crippen molar-refractivity contribution in [2.24, 2.45) is 17.8 Å². The van der Waals surface area contributed by atoms with Gasteiger partial charge >= 0.3 is 0 Å². The van der Waals surface area contributed by atoms with Gasteiger partial charge in [0, 0.05) is 7.11 Å². The molecule has 0 saturated heterocycles. The van der Waals surface area contributed by atoms with Gasteiger partial charge in [0.05, 0.1) is 6.10 Å². The topological polar surface area (TPSA) is 21.3 Å². The molecule has 0 bridgehead atoms. The van der Waals surface area contributed by atoms with Crippen molar-refractivity contribution in [1.82, 2.24) is 5.32 Å². The fraction of sp³-hybridized carbons (Fsp3) is 1.00. The average molecular weight is 215 g/mol. The SMILES string of the molecule is COC(C)CC(CNCC(C)C)C(C)C. The van der Waals surface area contributed by atoms with Gasteiger partial charge in [-0.1, -0.05) is 27.7 Å². The van der Waals surface area contributed by atoms with Gasteiger partial charge in [0.15, 0.2) is 0 Å². The molecule has 0 fully saturated rings. The van der Waals surface area contributed by atoms with Crippen LogP contribution in [-0.4, -0.2) is 26.3 Å². The maximum Gasteiger partial charge on any atom is 0.0546 e. The Morgan fingerprint density at radius 2 is 1.60 bits per heavy atom. The summed E-state index contributed by atoms with van der Waals surface area (Å²) in [5.41, 5.74) is 0. The van der Waals surface area contributed by atoms with Crippen LogP contribution < -0.4 is 5.32 Å². The zero-order chi connectivity index (χ0) is 11.8. The normalized spacial score (nSPS) is 16.0. The summed E-state index contributed by atoms with van der Waals surface area (Å²) in [5.74, 6) is 2.18. The molecule has 2 heteroatoms. The van der Waals surface area contributed by atoms with E-state index in [0.29, 0.717) is 6.10 Å². The van der Waals surface area contributed by atoms with Crippen molar-refractivity contribution in [2.45, 2.75) is 47.1 Å². The molecule has 92 valence electrons. The lowest BCUT2D eigenvalue weighted by molar-refractivity contribution is 0.0862. The first-order chi connectivity index (χ1) is 6.97. The van der Waals surface area contributed by atoms with Gasteiger partial charge < -0.3 is 10.1 Å². The predicted octanol–water partition coefficient (Wildman–Crippen LogP) is 2.93. The van der Waals surface area contributed by atoms with Crippen LogP contribution in [0, 0.1) is 17.8 Å². The maximum absolute atomic E-state index is 5.33. The van der Waals surface area contributed by atoms with E-state index < -0.39 is 0 Å². The molecule has 2 atom stereocenters. The van der Waals surface area contributed by atoms with E-state index in [1.165, 1.54) is 0 Å². The fourth-order valence-electron chi connectivity index (χ4n) is 1.67. The second-order valence-electron chi connectivity index (χ2n) is 5.34. The Bertz CT molecular complexity index is 145. The third-order valence-corrected chi connectivity index (χ3v) is 2.94. The molecule has 2 unspecified atom stereocenters. The van der Waals surface area contributed by atoms with Crippen molar-refractivity contribution in [3.63, 3.8) is 0 Å². The molecular weight excluding hydrogens is 186 g/mol. The third-order valence-electron chi connectivity index (χ3n) is 2.94. The monoisotopic (exact) mass is 215 g/mol. The van der Waals surface area contributed by atoms with E-state index in [4.69, 9.17) is 4.74 Å². The molecule has 0 aliphatic heterocycles. The molecular formula is C13H29NO. The van der Waals surface area contributed by atoms with Gasteiger partial charge in [-0.25, -0.2) is 0 Å². The van der Waals surface area contributed by atoms with E-state index in [2.05, 4.69) is 39.9 Å². The summed E-state index contributed by atoms with van der Waals surface area (Å²) < 4.78 is 5.33. The maximum atomic E-state index is 5.33. The van der Waals surface area contributed by atoms with Crippen LogP contribution >= 0.6 is 0 Å². The van der Waals surface area contributed by atoms with Crippen molar-refractivity contribution < 1.29 is 4.74 Å². The summed E-state index contributed by atoms with van der Waals surface area (Å²) in [6.45, 7) is 13.5. The number of methoxy groups -OCH3 is 1. The molecule has 0 heterocycles. The predicted molar refractivity (Wildman–Crippen MR) is 67.1 cm³/mol. The highest BCUT2D eigenvalue weighted by molar-refractivity contribution is 4.69. The van der Waals surface area contributed by atoms with Crippen molar-refractivity contribution in [1.29, 1.82) is 0 Å². The van der Waals surface area contributed by atoms with E-state index in [1.54, 1.807) is 7.11 Å². The Kier molecular flexibility index (Phi) is 8.07. The summed E-state index contributed by atoms with van der Waals surface area (Å²) in [5, 5.41) is 3.54. The minimum Gasteiger partial charge on any atom is -0.382 e. The van der Waals surface area contributed by atoms with Crippen LogP contribution in [0.2, 0.25) is 0 Å². The highest BCUT2D eigenvalue weighted by Crippen LogP contribution is 2.17. The molecule has 1 N–H and O–H groups in total. The summed E-state index contributed by atoms with van der Waals surface area (Å²) in [7, 11) is 1.80. The zero-order valence-electron chi connectivity index (χ0n) is 11.3. The number of hydrogen-bond acceptors (Lipinski definition) is 2. The molecule has 0 rings (SSSR count). The Labute approximate surface area is 95.8 Å². The molecule has 0 aromatic heterocycles. The summed E-state index contributed by atoms with van der Waals surface area (Å²) in [6, 6.07) is 0. The van der Waals surface area contributed by atoms with Gasteiger partial charge in [-0.05, 0) is 44.2 Å². The van der Waals surface area contributed by atoms with Crippen molar-refractivity contribution in [3.8, 4) is 0 Å². The van der Waals surface area contributed by atoms with Gasteiger partial charge in [-0.2, -0.15) is 0 Å². The van der Waals surface area contributed by atoms with Crippen LogP contribution in [0.4, 0.5) is 0 Å². The molecule has 0 saturated carbocycles. The molecule has 15 heavy (non-hydrogen) atoms. The lowest BCUT2D eigenvalue weighted by Crippen LogP contribution is -2.31. The fourth-order valence-corrected chi connectivity index (χ4v) is 1.67. The van der Waals surface area contributed by atoms with Gasteiger partial charge in [-0.15, -0.1) is 0 Å². The van der Waals surface area contributed by atoms with E-state index in [1.807, 2.05) is 0 Å². The smallest absolute Gasteiger partial charge is 0.0546 e. The Morgan fingerprint density at radius 1 is 1.00 bits per heavy atom. The lowest BCUT2D eigenvalue weighted by atomic mass is 9.90. The second-order valence-corrected chi connectivity index (χ2v) is 5.34. The average Bonchev–Trinajstić information content (AvgIpc) is 2.15. The Hall–Kier alpha value is -0.0800. The largest absolute Gasteiger partial charge is 0.382 e. The van der Waals surface area contributed by atoms with Crippen molar-refractivity contribution in [3.05, 3.63) is 0 Å². The Morgan fingerprint density at radius 3 is 2.00 bits per heavy atom. The van der Waals surface area contributed by atoms with E-state index in [0.717, 1.165) is 37.3 Å². The summed E-state index contributed by atoms with van der Waals surface area (Å²) >= 11 is 0. The number of nitrogens with one attached hydrogen (secondary N) is 1. The number of ether oxygens (including phenoxy) is 1. The first-order valence-corrected chi connectivity index (χ1v) is 6.20. The highest BCUT2D eigenvalue weighted by Gasteiger charge is 2.16. The van der Waals surface area contributed by atoms with Gasteiger partial charge in [-0.3, -0.25) is 0 Å². The van der Waals surface area contributed by atoms with Crippen LogP contribution in [0.15, 0.2) is 0 Å². The number of rotatable bonds is 8. The first kappa shape index (κ1) is 14.9. The van der Waals surface area contributed by atoms with Gasteiger partial charge in [0.2, 0.25) is 0 Å². The molecule has 0 aromatic carbocycles. The standard InChI is InChI=1S/C13H29NO/c1-10(2)8-14-9-13(11(3)4)7-12(5)15-6/h10-14H,7-9H2,1-6H3. The van der Waals surface area contributed by atoms with Crippen molar-refractivity contribution in [2.75, 3.05) is 20.2 Å². The third kappa shape index (κ3) is 7.80. The number of hydrogen-bond donors (Lipinski definition) is 1. The summed E-state index contributed by atoms with van der Waals surface area (Å²) in [6.07, 6.45) is 1.53. The van der Waals surface area contributed by atoms with E-state index in [9.17, 15) is 0 Å². The van der Waals surface area contributed by atoms with Gasteiger partial charge in [0.1, 0.15) is 0 Å². The van der Waals surface area contributed by atoms with Crippen LogP contribution in [0.1, 0.15) is 41.0 Å². The Balaban J connectivity index is 3.83. The summed E-state index contributed by atoms with van der Waals surface area (Å²) in [4.78, 5) is 0. The van der Waals surface area contributed by atoms with Crippen LogP contribution in [0.25, 0.3) is 0 Å². The molecule has 0 aliphatic carbocycles. The quantitative estimate of drug-likeness (QED) is 0.672. The molecule has 0 amide bonds. The molecule has 0 aromatic rings. The van der Waals surface area contributed by atoms with Crippen LogP contribution in [0.5, 0.6) is 0 Å². The van der Waals surface area contributed by atoms with E-state index in [-0.39, 0.29) is 0 Å². The highest BCUT2D eigenvalue weighted by atomic mass is 16.5. The molecule has 2 nitrogen and oxygen atoms in total. The second kappa shape index (κ2) is 8.12. The lowest BCUT2D eigenvalue weighted by Gasteiger charge is -2.24. The van der Waals surface area contributed by atoms with Crippen molar-refractivity contribution >= 4 is 0 Å². The molecule has 0 spiro atoms. The van der Waals surface area contributed by atoms with E-state index >= 15 is 0 Å². The minimum absolute atomic E-state index is 0.373. The van der Waals surface area contributed by atoms with Gasteiger partial charge in [0.25, 0.3) is 0 Å². The van der Waals surface area contributed by atoms with Crippen LogP contribution in [0.3, 0.4) is 0 Å². The first-order valence-electron chi connectivity index (χ1n) is 6.20. The minimum atomic E-state index is 0.373. The zero-order valence-corrected chi connectivity index (χ0v) is 11.3. The molecule has 0 radical (unpaired) electrons. The van der Waals surface area contributed by atoms with Crippen LogP contribution in [-0.2, 0) is 4.74 Å². The molecule has 0 aliphatic rings.